The Morgan fingerprint density at radius 1 is 1.50 bits per heavy atom. The fourth-order valence-electron chi connectivity index (χ4n) is 1.34. The number of imide groups is 1. The molecule has 0 aromatic heterocycles. The molecule has 1 atom stereocenters. The molecule has 80 valence electrons. The van der Waals surface area contributed by atoms with Crippen molar-refractivity contribution in [3.05, 3.63) is 0 Å². The Bertz CT molecular complexity index is 261. The topological polar surface area (TPSA) is 69.6 Å². The predicted molar refractivity (Wildman–Crippen MR) is 50.6 cm³/mol. The van der Waals surface area contributed by atoms with E-state index >= 15 is 0 Å². The van der Waals surface area contributed by atoms with E-state index in [1.54, 1.807) is 20.8 Å². The quantitative estimate of drug-likeness (QED) is 0.634. The first-order valence-corrected chi connectivity index (χ1v) is 4.67. The third kappa shape index (κ3) is 2.04. The number of urea groups is 1. The number of nitrogens with one attached hydrogen (secondary N) is 1. The first kappa shape index (κ1) is 11.0. The van der Waals surface area contributed by atoms with Crippen molar-refractivity contribution in [1.82, 2.24) is 10.2 Å². The number of nitrogens with zero attached hydrogens (tertiary/aromatic N) is 1. The number of hydrogen-bond acceptors (Lipinski definition) is 3. The second-order valence-electron chi connectivity index (χ2n) is 4.15. The van der Waals surface area contributed by atoms with Crippen molar-refractivity contribution in [3.63, 3.8) is 0 Å². The average molecular weight is 200 g/mol. The van der Waals surface area contributed by atoms with E-state index < -0.39 is 11.6 Å². The first-order valence-electron chi connectivity index (χ1n) is 4.67. The van der Waals surface area contributed by atoms with Gasteiger partial charge in [0.1, 0.15) is 5.54 Å². The van der Waals surface area contributed by atoms with Crippen LogP contribution in [0.3, 0.4) is 0 Å². The second kappa shape index (κ2) is 3.57. The van der Waals surface area contributed by atoms with Gasteiger partial charge in [0.05, 0.1) is 6.10 Å². The third-order valence-electron chi connectivity index (χ3n) is 2.21. The van der Waals surface area contributed by atoms with Gasteiger partial charge >= 0.3 is 6.03 Å². The van der Waals surface area contributed by atoms with Crippen molar-refractivity contribution in [3.8, 4) is 0 Å². The molecule has 0 aromatic carbocycles. The normalized spacial score (nSPS) is 22.4. The fraction of sp³-hybridized carbons (Fsp3) is 0.778. The van der Waals surface area contributed by atoms with Gasteiger partial charge in [-0.2, -0.15) is 0 Å². The summed E-state index contributed by atoms with van der Waals surface area (Å²) < 4.78 is 0. The molecule has 2 N–H and O–H groups in total. The molecule has 0 radical (unpaired) electrons. The molecule has 1 fully saturated rings. The molecular weight excluding hydrogens is 184 g/mol. The molecule has 0 bridgehead atoms. The second-order valence-corrected chi connectivity index (χ2v) is 4.15. The van der Waals surface area contributed by atoms with Gasteiger partial charge in [0.15, 0.2) is 0 Å². The summed E-state index contributed by atoms with van der Waals surface area (Å²) in [4.78, 5) is 24.1. The van der Waals surface area contributed by atoms with Gasteiger partial charge in [-0.3, -0.25) is 9.69 Å². The van der Waals surface area contributed by atoms with E-state index in [-0.39, 0.29) is 18.5 Å². The summed E-state index contributed by atoms with van der Waals surface area (Å²) in [5, 5.41) is 11.6. The zero-order valence-electron chi connectivity index (χ0n) is 8.70. The highest BCUT2D eigenvalue weighted by Gasteiger charge is 2.43. The summed E-state index contributed by atoms with van der Waals surface area (Å²) in [7, 11) is 0. The molecule has 1 heterocycles. The minimum atomic E-state index is -0.810. The maximum absolute atomic E-state index is 11.6. The lowest BCUT2D eigenvalue weighted by Crippen LogP contribution is -2.40. The molecule has 1 saturated heterocycles. The van der Waals surface area contributed by atoms with E-state index in [1.165, 1.54) is 0 Å². The Kier molecular flexibility index (Phi) is 2.80. The van der Waals surface area contributed by atoms with Gasteiger partial charge in [-0.15, -0.1) is 0 Å². The Morgan fingerprint density at radius 2 is 2.07 bits per heavy atom. The Labute approximate surface area is 83.1 Å². The van der Waals surface area contributed by atoms with E-state index in [0.29, 0.717) is 6.42 Å². The smallest absolute Gasteiger partial charge is 0.325 e. The van der Waals surface area contributed by atoms with Crippen LogP contribution in [-0.4, -0.2) is 40.1 Å². The molecule has 0 spiro atoms. The van der Waals surface area contributed by atoms with Gasteiger partial charge in [0, 0.05) is 6.54 Å². The highest BCUT2D eigenvalue weighted by atomic mass is 16.3. The summed E-state index contributed by atoms with van der Waals surface area (Å²) in [6, 6.07) is -0.374. The number of hydrogen-bond donors (Lipinski definition) is 2. The molecule has 0 aromatic rings. The molecule has 1 aliphatic rings. The van der Waals surface area contributed by atoms with Crippen LogP contribution in [0.2, 0.25) is 0 Å². The van der Waals surface area contributed by atoms with Gasteiger partial charge in [-0.05, 0) is 27.2 Å². The molecule has 5 nitrogen and oxygen atoms in total. The van der Waals surface area contributed by atoms with Crippen molar-refractivity contribution in [2.24, 2.45) is 0 Å². The monoisotopic (exact) mass is 200 g/mol. The third-order valence-corrected chi connectivity index (χ3v) is 2.21. The number of rotatable bonds is 3. The fourth-order valence-corrected chi connectivity index (χ4v) is 1.34. The molecule has 5 heteroatoms. The lowest BCUT2D eigenvalue weighted by molar-refractivity contribution is -0.130. The molecule has 0 saturated carbocycles. The summed E-state index contributed by atoms with van der Waals surface area (Å²) in [6.07, 6.45) is -0.0887. The van der Waals surface area contributed by atoms with E-state index in [2.05, 4.69) is 5.32 Å². The number of amides is 3. The molecule has 1 aliphatic heterocycles. The van der Waals surface area contributed by atoms with Crippen molar-refractivity contribution < 1.29 is 14.7 Å². The van der Waals surface area contributed by atoms with Crippen LogP contribution in [0.5, 0.6) is 0 Å². The number of carbonyl (C=O) groups excluding carboxylic acids is 2. The van der Waals surface area contributed by atoms with Crippen molar-refractivity contribution >= 4 is 11.9 Å². The summed E-state index contributed by atoms with van der Waals surface area (Å²) in [5.74, 6) is -0.233. The molecule has 3 amide bonds. The molecule has 14 heavy (non-hydrogen) atoms. The number of aliphatic hydroxyl groups excluding tert-OH is 1. The number of aliphatic hydroxyl groups is 1. The SMILES string of the molecule is CC(O)CCN1C(=O)NC(C)(C)C1=O. The number of carbonyl (C=O) groups is 2. The molecule has 1 rings (SSSR count). The van der Waals surface area contributed by atoms with Crippen LogP contribution in [0.4, 0.5) is 4.79 Å². The van der Waals surface area contributed by atoms with Gasteiger partial charge in [-0.1, -0.05) is 0 Å². The van der Waals surface area contributed by atoms with E-state index in [9.17, 15) is 9.59 Å². The van der Waals surface area contributed by atoms with Crippen molar-refractivity contribution in [2.45, 2.75) is 38.8 Å². The van der Waals surface area contributed by atoms with Gasteiger partial charge in [-0.25, -0.2) is 4.79 Å². The van der Waals surface area contributed by atoms with Crippen molar-refractivity contribution in [1.29, 1.82) is 0 Å². The minimum absolute atomic E-state index is 0.233. The Morgan fingerprint density at radius 3 is 2.43 bits per heavy atom. The van der Waals surface area contributed by atoms with E-state index in [0.717, 1.165) is 4.90 Å². The van der Waals surface area contributed by atoms with Gasteiger partial charge in [0.25, 0.3) is 5.91 Å². The first-order chi connectivity index (χ1) is 6.34. The highest BCUT2D eigenvalue weighted by Crippen LogP contribution is 2.16. The van der Waals surface area contributed by atoms with Crippen LogP contribution in [0.25, 0.3) is 0 Å². The Hall–Kier alpha value is -1.10. The Balaban J connectivity index is 2.62. The molecule has 1 unspecified atom stereocenters. The van der Waals surface area contributed by atoms with E-state index in [4.69, 9.17) is 5.11 Å². The lowest BCUT2D eigenvalue weighted by Gasteiger charge is -2.16. The van der Waals surface area contributed by atoms with Crippen LogP contribution in [-0.2, 0) is 4.79 Å². The van der Waals surface area contributed by atoms with Crippen molar-refractivity contribution in [2.75, 3.05) is 6.54 Å². The van der Waals surface area contributed by atoms with Gasteiger partial charge < -0.3 is 10.4 Å². The molecular formula is C9H16N2O3. The zero-order chi connectivity index (χ0) is 10.9. The lowest BCUT2D eigenvalue weighted by atomic mass is 10.1. The van der Waals surface area contributed by atoms with Crippen LogP contribution >= 0.6 is 0 Å². The molecule has 0 aliphatic carbocycles. The van der Waals surface area contributed by atoms with E-state index in [1.807, 2.05) is 0 Å². The minimum Gasteiger partial charge on any atom is -0.393 e. The van der Waals surface area contributed by atoms with Crippen LogP contribution < -0.4 is 5.32 Å². The maximum Gasteiger partial charge on any atom is 0.325 e. The average Bonchev–Trinajstić information content (AvgIpc) is 2.19. The summed E-state index contributed by atoms with van der Waals surface area (Å²) >= 11 is 0. The highest BCUT2D eigenvalue weighted by molar-refractivity contribution is 6.06. The van der Waals surface area contributed by atoms with Crippen LogP contribution in [0, 0.1) is 0 Å². The summed E-state index contributed by atoms with van der Waals surface area (Å²) in [5.41, 5.74) is -0.810. The summed E-state index contributed by atoms with van der Waals surface area (Å²) in [6.45, 7) is 5.22. The van der Waals surface area contributed by atoms with Crippen LogP contribution in [0.1, 0.15) is 27.2 Å². The largest absolute Gasteiger partial charge is 0.393 e. The predicted octanol–water partition coefficient (Wildman–Crippen LogP) is 0.0877. The standard InChI is InChI=1S/C9H16N2O3/c1-6(12)4-5-11-7(13)9(2,3)10-8(11)14/h6,12H,4-5H2,1-3H3,(H,10,14). The maximum atomic E-state index is 11.6. The van der Waals surface area contributed by atoms with Crippen LogP contribution in [0.15, 0.2) is 0 Å². The van der Waals surface area contributed by atoms with Gasteiger partial charge in [0.2, 0.25) is 0 Å². The zero-order valence-corrected chi connectivity index (χ0v) is 8.70.